The van der Waals surface area contributed by atoms with Crippen LogP contribution in [0.5, 0.6) is 0 Å². The van der Waals surface area contributed by atoms with Crippen LogP contribution in [0.25, 0.3) is 11.5 Å². The van der Waals surface area contributed by atoms with Crippen molar-refractivity contribution >= 4 is 5.97 Å². The molecular weight excluding hydrogens is 423 g/mol. The fourth-order valence-electron chi connectivity index (χ4n) is 4.04. The fraction of sp³-hybridized carbons (Fsp3) is 0.583. The van der Waals surface area contributed by atoms with E-state index in [1.54, 1.807) is 20.8 Å². The molecule has 1 saturated carbocycles. The molecule has 0 radical (unpaired) electrons. The van der Waals surface area contributed by atoms with E-state index >= 15 is 0 Å². The molecule has 0 amide bonds. The number of aromatic nitrogens is 1. The van der Waals surface area contributed by atoms with E-state index in [-0.39, 0.29) is 24.2 Å². The predicted octanol–water partition coefficient (Wildman–Crippen LogP) is 6.64. The first-order valence-corrected chi connectivity index (χ1v) is 10.9. The van der Waals surface area contributed by atoms with Gasteiger partial charge in [-0.1, -0.05) is 18.9 Å². The van der Waals surface area contributed by atoms with E-state index in [0.717, 1.165) is 44.2 Å². The van der Waals surface area contributed by atoms with Gasteiger partial charge in [0, 0.05) is 5.56 Å². The molecule has 1 heterocycles. The zero-order valence-corrected chi connectivity index (χ0v) is 18.7. The summed E-state index contributed by atoms with van der Waals surface area (Å²) >= 11 is 0. The lowest BCUT2D eigenvalue weighted by Gasteiger charge is -2.30. The number of rotatable bonds is 8. The van der Waals surface area contributed by atoms with Crippen molar-refractivity contribution in [1.82, 2.24) is 4.98 Å². The molecule has 1 aromatic heterocycles. The molecule has 3 rings (SSSR count). The number of carboxylic acid groups (broad SMARTS) is 1. The maximum atomic E-state index is 13.0. The highest BCUT2D eigenvalue weighted by molar-refractivity contribution is 5.73. The Balaban J connectivity index is 1.58. The molecule has 8 heteroatoms. The topological polar surface area (TPSA) is 72.6 Å². The second-order valence-electron chi connectivity index (χ2n) is 9.29. The smallest absolute Gasteiger partial charge is 0.416 e. The monoisotopic (exact) mass is 453 g/mol. The summed E-state index contributed by atoms with van der Waals surface area (Å²) in [5.74, 6) is 0.309. The highest BCUT2D eigenvalue weighted by Gasteiger charge is 2.32. The molecule has 0 spiro atoms. The molecule has 2 aromatic rings. The number of carboxylic acids is 1. The Kier molecular flexibility index (Phi) is 7.32. The van der Waals surface area contributed by atoms with Crippen LogP contribution in [0.2, 0.25) is 0 Å². The van der Waals surface area contributed by atoms with Crippen LogP contribution in [-0.2, 0) is 22.3 Å². The Labute approximate surface area is 186 Å². The number of hydrogen-bond donors (Lipinski definition) is 1. The van der Waals surface area contributed by atoms with Crippen LogP contribution in [0, 0.1) is 18.3 Å². The van der Waals surface area contributed by atoms with Crippen LogP contribution in [0.4, 0.5) is 13.2 Å². The second kappa shape index (κ2) is 9.65. The van der Waals surface area contributed by atoms with Crippen LogP contribution in [0.15, 0.2) is 28.7 Å². The highest BCUT2D eigenvalue weighted by atomic mass is 19.4. The summed E-state index contributed by atoms with van der Waals surface area (Å²) in [5, 5.41) is 9.30. The first kappa shape index (κ1) is 24.3. The summed E-state index contributed by atoms with van der Waals surface area (Å²) < 4.78 is 50.6. The Morgan fingerprint density at radius 3 is 2.72 bits per heavy atom. The lowest BCUT2D eigenvalue weighted by Crippen LogP contribution is -2.27. The molecule has 1 aliphatic carbocycles. The summed E-state index contributed by atoms with van der Waals surface area (Å²) in [4.78, 5) is 15.7. The van der Waals surface area contributed by atoms with Gasteiger partial charge in [0.25, 0.3) is 0 Å². The van der Waals surface area contributed by atoms with E-state index < -0.39 is 23.1 Å². The van der Waals surface area contributed by atoms with Crippen molar-refractivity contribution < 1.29 is 32.2 Å². The van der Waals surface area contributed by atoms with Crippen molar-refractivity contribution in [3.8, 4) is 11.5 Å². The average molecular weight is 454 g/mol. The van der Waals surface area contributed by atoms with Gasteiger partial charge >= 0.3 is 12.1 Å². The minimum Gasteiger partial charge on any atom is -0.481 e. The summed E-state index contributed by atoms with van der Waals surface area (Å²) in [6.07, 6.45) is 0.984. The normalized spacial score (nSPS) is 19.8. The van der Waals surface area contributed by atoms with Gasteiger partial charge in [-0.25, -0.2) is 4.98 Å². The predicted molar refractivity (Wildman–Crippen MR) is 113 cm³/mol. The second-order valence-corrected chi connectivity index (χ2v) is 9.29. The molecular formula is C24H30F3NO4. The Hall–Kier alpha value is -2.35. The van der Waals surface area contributed by atoms with Gasteiger partial charge in [-0.15, -0.1) is 0 Å². The number of oxazole rings is 1. The molecule has 2 atom stereocenters. The summed E-state index contributed by atoms with van der Waals surface area (Å²) in [5.41, 5.74) is -0.631. The molecule has 2 unspecified atom stereocenters. The minimum absolute atomic E-state index is 0.0507. The van der Waals surface area contributed by atoms with E-state index in [1.165, 1.54) is 12.1 Å². The van der Waals surface area contributed by atoms with Crippen molar-refractivity contribution in [1.29, 1.82) is 0 Å². The fourth-order valence-corrected chi connectivity index (χ4v) is 4.04. The third kappa shape index (κ3) is 6.12. The Morgan fingerprint density at radius 1 is 1.28 bits per heavy atom. The number of halogens is 3. The number of ether oxygens (including phenoxy) is 1. The van der Waals surface area contributed by atoms with E-state index in [1.807, 2.05) is 0 Å². The first-order chi connectivity index (χ1) is 15.0. The van der Waals surface area contributed by atoms with E-state index in [9.17, 15) is 23.1 Å². The molecule has 1 aromatic carbocycles. The van der Waals surface area contributed by atoms with Gasteiger partial charge in [0.1, 0.15) is 11.5 Å². The molecule has 176 valence electrons. The van der Waals surface area contributed by atoms with Crippen LogP contribution in [0.1, 0.15) is 69.4 Å². The lowest BCUT2D eigenvalue weighted by molar-refractivity contribution is -0.147. The van der Waals surface area contributed by atoms with Gasteiger partial charge in [-0.05, 0) is 70.6 Å². The van der Waals surface area contributed by atoms with Crippen molar-refractivity contribution in [3.05, 3.63) is 41.3 Å². The van der Waals surface area contributed by atoms with Gasteiger partial charge in [-0.2, -0.15) is 13.2 Å². The molecule has 1 fully saturated rings. The maximum absolute atomic E-state index is 13.0. The summed E-state index contributed by atoms with van der Waals surface area (Å²) in [6.45, 7) is 5.45. The van der Waals surface area contributed by atoms with Gasteiger partial charge in [0.2, 0.25) is 5.89 Å². The molecule has 0 bridgehead atoms. The number of hydrogen-bond acceptors (Lipinski definition) is 4. The molecule has 5 nitrogen and oxygen atoms in total. The molecule has 1 aliphatic rings. The number of benzene rings is 1. The third-order valence-electron chi connectivity index (χ3n) is 6.28. The zero-order chi connectivity index (χ0) is 23.5. The van der Waals surface area contributed by atoms with Crippen molar-refractivity contribution in [2.75, 3.05) is 0 Å². The van der Waals surface area contributed by atoms with Crippen LogP contribution >= 0.6 is 0 Å². The summed E-state index contributed by atoms with van der Waals surface area (Å²) in [7, 11) is 0. The largest absolute Gasteiger partial charge is 0.481 e. The number of carbonyl (C=O) groups is 1. The minimum atomic E-state index is -4.43. The van der Waals surface area contributed by atoms with E-state index in [4.69, 9.17) is 9.15 Å². The standard InChI is InChI=1S/C24H30F3NO4/c1-15-20(28-21(32-15)17-7-5-8-18(13-17)24(25,26)27)14-31-19-9-4-6-16(12-19)10-11-23(2,3)22(29)30/h5,7-8,13,16,19H,4,6,9-12,14H2,1-3H3,(H,29,30). The van der Waals surface area contributed by atoms with Gasteiger partial charge in [-0.3, -0.25) is 4.79 Å². The van der Waals surface area contributed by atoms with Crippen LogP contribution in [-0.4, -0.2) is 22.2 Å². The Bertz CT molecular complexity index is 936. The van der Waals surface area contributed by atoms with Crippen molar-refractivity contribution in [2.45, 2.75) is 78.2 Å². The third-order valence-corrected chi connectivity index (χ3v) is 6.28. The van der Waals surface area contributed by atoms with Crippen molar-refractivity contribution in [2.24, 2.45) is 11.3 Å². The maximum Gasteiger partial charge on any atom is 0.416 e. The van der Waals surface area contributed by atoms with E-state index in [0.29, 0.717) is 23.8 Å². The van der Waals surface area contributed by atoms with Gasteiger partial charge in [0.05, 0.1) is 23.7 Å². The lowest BCUT2D eigenvalue weighted by atomic mass is 9.79. The average Bonchev–Trinajstić information content (AvgIpc) is 3.11. The highest BCUT2D eigenvalue weighted by Crippen LogP contribution is 2.35. The zero-order valence-electron chi connectivity index (χ0n) is 18.7. The van der Waals surface area contributed by atoms with Gasteiger partial charge < -0.3 is 14.3 Å². The van der Waals surface area contributed by atoms with E-state index in [2.05, 4.69) is 4.98 Å². The Morgan fingerprint density at radius 2 is 2.03 bits per heavy atom. The van der Waals surface area contributed by atoms with Crippen molar-refractivity contribution in [3.63, 3.8) is 0 Å². The van der Waals surface area contributed by atoms with Crippen LogP contribution < -0.4 is 0 Å². The summed E-state index contributed by atoms with van der Waals surface area (Å²) in [6, 6.07) is 4.91. The van der Waals surface area contributed by atoms with Gasteiger partial charge in [0.15, 0.2) is 0 Å². The molecule has 1 N–H and O–H groups in total. The first-order valence-electron chi connectivity index (χ1n) is 10.9. The number of alkyl halides is 3. The molecule has 32 heavy (non-hydrogen) atoms. The molecule has 0 aliphatic heterocycles. The molecule has 0 saturated heterocycles. The number of aliphatic carboxylic acids is 1. The van der Waals surface area contributed by atoms with Crippen LogP contribution in [0.3, 0.4) is 0 Å². The quantitative estimate of drug-likeness (QED) is 0.485. The number of nitrogens with zero attached hydrogens (tertiary/aromatic N) is 1. The SMILES string of the molecule is Cc1oc(-c2cccc(C(F)(F)F)c2)nc1COC1CCCC(CCC(C)(C)C(=O)O)C1. The number of aryl methyl sites for hydroxylation is 1.